The second-order valence-electron chi connectivity index (χ2n) is 6.98. The summed E-state index contributed by atoms with van der Waals surface area (Å²) < 4.78 is 24.9. The number of fused-ring (bicyclic) bond motifs is 1. The van der Waals surface area contributed by atoms with E-state index in [4.69, 9.17) is 0 Å². The molecule has 148 valence electrons. The first-order chi connectivity index (χ1) is 13.2. The Labute approximate surface area is 164 Å². The Morgan fingerprint density at radius 3 is 2.54 bits per heavy atom. The first kappa shape index (κ1) is 20.1. The number of hydrogen-bond acceptors (Lipinski definition) is 4. The molecule has 0 aliphatic heterocycles. The second-order valence-corrected chi connectivity index (χ2v) is 9.00. The lowest BCUT2D eigenvalue weighted by Gasteiger charge is -2.13. The van der Waals surface area contributed by atoms with Gasteiger partial charge in [-0.25, -0.2) is 8.42 Å². The summed E-state index contributed by atoms with van der Waals surface area (Å²) in [6.45, 7) is 0.143. The highest BCUT2D eigenvalue weighted by atomic mass is 32.2. The summed E-state index contributed by atoms with van der Waals surface area (Å²) >= 11 is 0. The lowest BCUT2D eigenvalue weighted by atomic mass is 10.1. The quantitative estimate of drug-likeness (QED) is 0.637. The van der Waals surface area contributed by atoms with Crippen LogP contribution in [-0.4, -0.2) is 36.8 Å². The lowest BCUT2D eigenvalue weighted by molar-refractivity contribution is -0.121. The number of sulfone groups is 1. The van der Waals surface area contributed by atoms with Gasteiger partial charge in [0, 0.05) is 38.0 Å². The fraction of sp³-hybridized carbons (Fsp3) is 0.286. The molecular weight excluding hydrogens is 376 g/mol. The van der Waals surface area contributed by atoms with Crippen LogP contribution in [0.4, 0.5) is 0 Å². The molecule has 0 aliphatic carbocycles. The molecule has 1 aromatic heterocycles. The Bertz CT molecular complexity index is 1090. The smallest absolute Gasteiger partial charge is 0.220 e. The predicted octanol–water partition coefficient (Wildman–Crippen LogP) is 2.36. The molecule has 0 radical (unpaired) electrons. The highest BCUT2D eigenvalue weighted by Crippen LogP contribution is 2.21. The van der Waals surface area contributed by atoms with E-state index in [0.29, 0.717) is 6.42 Å². The summed E-state index contributed by atoms with van der Waals surface area (Å²) in [4.78, 5) is 12.3. The Balaban J connectivity index is 1.50. The molecule has 0 unspecified atom stereocenters. The molecule has 0 saturated heterocycles. The normalized spacial score (nSPS) is 12.8. The van der Waals surface area contributed by atoms with Gasteiger partial charge >= 0.3 is 0 Å². The molecule has 1 heterocycles. The van der Waals surface area contributed by atoms with Crippen LogP contribution in [0.5, 0.6) is 0 Å². The summed E-state index contributed by atoms with van der Waals surface area (Å²) in [5.74, 6) is -0.160. The van der Waals surface area contributed by atoms with E-state index in [2.05, 4.69) is 5.32 Å². The number of rotatable bonds is 7. The van der Waals surface area contributed by atoms with Gasteiger partial charge in [-0.2, -0.15) is 0 Å². The van der Waals surface area contributed by atoms with Crippen LogP contribution in [0.3, 0.4) is 0 Å². The molecule has 3 aromatic rings. The molecule has 0 aliphatic rings. The van der Waals surface area contributed by atoms with Gasteiger partial charge in [-0.05, 0) is 53.3 Å². The summed E-state index contributed by atoms with van der Waals surface area (Å²) in [5.41, 5.74) is 2.73. The van der Waals surface area contributed by atoms with Gasteiger partial charge in [0.05, 0.1) is 11.0 Å². The molecular formula is C21H24N2O4S. The van der Waals surface area contributed by atoms with Crippen LogP contribution in [0.15, 0.2) is 59.6 Å². The number of nitrogens with one attached hydrogen (secondary N) is 1. The standard InChI is InChI=1S/C21H24N2O4S/c1-23-12-11-16-13-17(6-9-19(16)23)20(24)14-22-21(25)10-5-15-3-7-18(8-4-15)28(2,26)27/h3-4,6-9,11-13,20,24H,5,10,14H2,1-2H3,(H,22,25)/t20-/m0/s1. The van der Waals surface area contributed by atoms with E-state index in [1.807, 2.05) is 42.1 Å². The van der Waals surface area contributed by atoms with E-state index in [1.165, 1.54) is 0 Å². The largest absolute Gasteiger partial charge is 0.387 e. The maximum absolute atomic E-state index is 12.1. The highest BCUT2D eigenvalue weighted by molar-refractivity contribution is 7.90. The maximum atomic E-state index is 12.1. The van der Waals surface area contributed by atoms with Crippen molar-refractivity contribution in [2.24, 2.45) is 7.05 Å². The average molecular weight is 401 g/mol. The SMILES string of the molecule is Cn1ccc2cc([C@@H](O)CNC(=O)CCc3ccc(S(C)(=O)=O)cc3)ccc21. The minimum Gasteiger partial charge on any atom is -0.387 e. The molecule has 2 N–H and O–H groups in total. The number of nitrogens with zero attached hydrogens (tertiary/aromatic N) is 1. The fourth-order valence-corrected chi connectivity index (χ4v) is 3.72. The van der Waals surface area contributed by atoms with Crippen LogP contribution in [0.25, 0.3) is 10.9 Å². The number of hydrogen-bond donors (Lipinski definition) is 2. The van der Waals surface area contributed by atoms with Gasteiger partial charge < -0.3 is 15.0 Å². The van der Waals surface area contributed by atoms with Crippen LogP contribution in [0, 0.1) is 0 Å². The average Bonchev–Trinajstić information content (AvgIpc) is 3.04. The van der Waals surface area contributed by atoms with Crippen molar-refractivity contribution in [1.82, 2.24) is 9.88 Å². The molecule has 0 fully saturated rings. The molecule has 28 heavy (non-hydrogen) atoms. The van der Waals surface area contributed by atoms with Crippen LogP contribution in [0.2, 0.25) is 0 Å². The Hall–Kier alpha value is -2.64. The minimum absolute atomic E-state index is 0.143. The van der Waals surface area contributed by atoms with E-state index in [-0.39, 0.29) is 23.8 Å². The number of aromatic nitrogens is 1. The van der Waals surface area contributed by atoms with E-state index in [1.54, 1.807) is 24.3 Å². The number of aliphatic hydroxyl groups is 1. The predicted molar refractivity (Wildman–Crippen MR) is 109 cm³/mol. The van der Waals surface area contributed by atoms with Crippen molar-refractivity contribution in [3.8, 4) is 0 Å². The lowest BCUT2D eigenvalue weighted by Crippen LogP contribution is -2.28. The molecule has 1 atom stereocenters. The van der Waals surface area contributed by atoms with E-state index < -0.39 is 15.9 Å². The Morgan fingerprint density at radius 1 is 1.14 bits per heavy atom. The van der Waals surface area contributed by atoms with Gasteiger partial charge in [0.25, 0.3) is 0 Å². The van der Waals surface area contributed by atoms with Gasteiger partial charge in [-0.1, -0.05) is 18.2 Å². The molecule has 7 heteroatoms. The van der Waals surface area contributed by atoms with Crippen molar-refractivity contribution < 1.29 is 18.3 Å². The Morgan fingerprint density at radius 2 is 1.86 bits per heavy atom. The number of carbonyl (C=O) groups is 1. The Kier molecular flexibility index (Phi) is 5.86. The van der Waals surface area contributed by atoms with E-state index in [0.717, 1.165) is 28.3 Å². The molecule has 0 bridgehead atoms. The van der Waals surface area contributed by atoms with Gasteiger partial charge in [-0.3, -0.25) is 4.79 Å². The summed E-state index contributed by atoms with van der Waals surface area (Å²) in [6, 6.07) is 14.3. The fourth-order valence-electron chi connectivity index (χ4n) is 3.09. The topological polar surface area (TPSA) is 88.4 Å². The molecule has 0 saturated carbocycles. The second kappa shape index (κ2) is 8.16. The van der Waals surface area contributed by atoms with Crippen molar-refractivity contribution in [2.45, 2.75) is 23.8 Å². The zero-order chi connectivity index (χ0) is 20.3. The molecule has 1 amide bonds. The summed E-state index contributed by atoms with van der Waals surface area (Å²) in [5, 5.41) is 14.1. The zero-order valence-corrected chi connectivity index (χ0v) is 16.7. The molecule has 0 spiro atoms. The minimum atomic E-state index is -3.22. The first-order valence-corrected chi connectivity index (χ1v) is 10.9. The summed E-state index contributed by atoms with van der Waals surface area (Å²) in [6.07, 6.45) is 3.12. The number of aryl methyl sites for hydroxylation is 2. The van der Waals surface area contributed by atoms with Gasteiger partial charge in [0.1, 0.15) is 0 Å². The van der Waals surface area contributed by atoms with Crippen molar-refractivity contribution in [2.75, 3.05) is 12.8 Å². The van der Waals surface area contributed by atoms with Crippen molar-refractivity contribution >= 4 is 26.6 Å². The van der Waals surface area contributed by atoms with Gasteiger partial charge in [-0.15, -0.1) is 0 Å². The number of amides is 1. The number of aliphatic hydroxyl groups excluding tert-OH is 1. The third-order valence-corrected chi connectivity index (χ3v) is 5.91. The van der Waals surface area contributed by atoms with E-state index in [9.17, 15) is 18.3 Å². The van der Waals surface area contributed by atoms with Crippen molar-refractivity contribution in [3.05, 3.63) is 65.9 Å². The van der Waals surface area contributed by atoms with Gasteiger partial charge in [0.15, 0.2) is 9.84 Å². The third kappa shape index (κ3) is 4.79. The molecule has 6 nitrogen and oxygen atoms in total. The highest BCUT2D eigenvalue weighted by Gasteiger charge is 2.12. The monoisotopic (exact) mass is 400 g/mol. The zero-order valence-electron chi connectivity index (χ0n) is 15.9. The van der Waals surface area contributed by atoms with Crippen molar-refractivity contribution in [3.63, 3.8) is 0 Å². The van der Waals surface area contributed by atoms with Crippen LogP contribution < -0.4 is 5.32 Å². The number of carbonyl (C=O) groups excluding carboxylic acids is 1. The van der Waals surface area contributed by atoms with Crippen LogP contribution in [-0.2, 0) is 28.1 Å². The van der Waals surface area contributed by atoms with Crippen molar-refractivity contribution in [1.29, 1.82) is 0 Å². The summed E-state index contributed by atoms with van der Waals surface area (Å²) in [7, 11) is -1.25. The maximum Gasteiger partial charge on any atom is 0.220 e. The third-order valence-electron chi connectivity index (χ3n) is 4.78. The molecule has 2 aromatic carbocycles. The first-order valence-electron chi connectivity index (χ1n) is 9.03. The van der Waals surface area contributed by atoms with E-state index >= 15 is 0 Å². The molecule has 3 rings (SSSR count). The number of benzene rings is 2. The van der Waals surface area contributed by atoms with Gasteiger partial charge in [0.2, 0.25) is 5.91 Å². The van der Waals surface area contributed by atoms with Crippen LogP contribution >= 0.6 is 0 Å². The van der Waals surface area contributed by atoms with Crippen LogP contribution in [0.1, 0.15) is 23.7 Å².